The molecule has 0 aliphatic carbocycles. The van der Waals surface area contributed by atoms with Crippen molar-refractivity contribution in [3.63, 3.8) is 0 Å². The Kier molecular flexibility index (Phi) is 2.63. The van der Waals surface area contributed by atoms with E-state index in [9.17, 15) is 4.39 Å². The first-order chi connectivity index (χ1) is 8.36. The summed E-state index contributed by atoms with van der Waals surface area (Å²) in [4.78, 5) is 11.1. The van der Waals surface area contributed by atoms with Gasteiger partial charge in [0.05, 0.1) is 23.9 Å². The summed E-state index contributed by atoms with van der Waals surface area (Å²) in [5.41, 5.74) is 1.80. The van der Waals surface area contributed by atoms with Gasteiger partial charge >= 0.3 is 0 Å². The fourth-order valence-electron chi connectivity index (χ4n) is 2.27. The highest BCUT2D eigenvalue weighted by Gasteiger charge is 2.23. The zero-order valence-electron chi connectivity index (χ0n) is 9.51. The number of para-hydroxylation sites is 2. The van der Waals surface area contributed by atoms with E-state index in [0.717, 1.165) is 36.4 Å². The number of fused-ring (bicyclic) bond motifs is 1. The molecule has 1 fully saturated rings. The second-order valence-electron chi connectivity index (χ2n) is 4.47. The van der Waals surface area contributed by atoms with Crippen molar-refractivity contribution in [2.24, 2.45) is 5.92 Å². The lowest BCUT2D eigenvalue weighted by Gasteiger charge is -2.16. The van der Waals surface area contributed by atoms with Crippen LogP contribution in [-0.2, 0) is 0 Å². The lowest BCUT2D eigenvalue weighted by atomic mass is 10.1. The molecule has 4 heteroatoms. The van der Waals surface area contributed by atoms with E-state index >= 15 is 0 Å². The number of hydrogen-bond donors (Lipinski definition) is 0. The molecule has 0 bridgehead atoms. The van der Waals surface area contributed by atoms with Crippen molar-refractivity contribution in [1.82, 2.24) is 9.97 Å². The molecule has 0 spiro atoms. The molecule has 1 aromatic carbocycles. The normalized spacial score (nSPS) is 20.1. The first kappa shape index (κ1) is 10.4. The number of alkyl halides is 1. The molecule has 0 N–H and O–H groups in total. The van der Waals surface area contributed by atoms with Crippen LogP contribution in [0.15, 0.2) is 30.5 Å². The van der Waals surface area contributed by atoms with Crippen molar-refractivity contribution in [2.45, 2.75) is 6.42 Å². The Morgan fingerprint density at radius 3 is 2.88 bits per heavy atom. The smallest absolute Gasteiger partial charge is 0.147 e. The molecule has 0 radical (unpaired) electrons. The Labute approximate surface area is 99.3 Å². The molecular formula is C13H14FN3. The van der Waals surface area contributed by atoms with Gasteiger partial charge in [0.1, 0.15) is 5.82 Å². The van der Waals surface area contributed by atoms with E-state index in [-0.39, 0.29) is 12.6 Å². The molecule has 1 aliphatic heterocycles. The SMILES string of the molecule is FC[C@H]1CCN(c2cnc3ccccc3n2)C1. The van der Waals surface area contributed by atoms with Gasteiger partial charge < -0.3 is 4.90 Å². The second kappa shape index (κ2) is 4.28. The maximum atomic E-state index is 12.6. The quantitative estimate of drug-likeness (QED) is 0.794. The Bertz CT molecular complexity index is 529. The Hall–Kier alpha value is -1.71. The summed E-state index contributed by atoms with van der Waals surface area (Å²) in [6.07, 6.45) is 2.69. The molecular weight excluding hydrogens is 217 g/mol. The third kappa shape index (κ3) is 1.95. The third-order valence-electron chi connectivity index (χ3n) is 3.26. The van der Waals surface area contributed by atoms with Gasteiger partial charge in [-0.2, -0.15) is 0 Å². The van der Waals surface area contributed by atoms with Crippen LogP contribution in [-0.4, -0.2) is 29.7 Å². The molecule has 17 heavy (non-hydrogen) atoms. The van der Waals surface area contributed by atoms with Gasteiger partial charge in [0, 0.05) is 19.0 Å². The van der Waals surface area contributed by atoms with Crippen LogP contribution in [0.2, 0.25) is 0 Å². The van der Waals surface area contributed by atoms with Crippen molar-refractivity contribution >= 4 is 16.9 Å². The van der Waals surface area contributed by atoms with Crippen LogP contribution in [0.5, 0.6) is 0 Å². The monoisotopic (exact) mass is 231 g/mol. The van der Waals surface area contributed by atoms with Crippen LogP contribution in [0, 0.1) is 5.92 Å². The summed E-state index contributed by atoms with van der Waals surface area (Å²) in [6.45, 7) is 1.39. The largest absolute Gasteiger partial charge is 0.355 e. The fourth-order valence-corrected chi connectivity index (χ4v) is 2.27. The van der Waals surface area contributed by atoms with Crippen molar-refractivity contribution in [2.75, 3.05) is 24.7 Å². The minimum Gasteiger partial charge on any atom is -0.355 e. The number of halogens is 1. The molecule has 2 aromatic rings. The van der Waals surface area contributed by atoms with Crippen LogP contribution in [0.25, 0.3) is 11.0 Å². The van der Waals surface area contributed by atoms with Gasteiger partial charge in [-0.25, -0.2) is 4.98 Å². The number of benzene rings is 1. The van der Waals surface area contributed by atoms with E-state index < -0.39 is 0 Å². The van der Waals surface area contributed by atoms with Crippen molar-refractivity contribution < 1.29 is 4.39 Å². The third-order valence-corrected chi connectivity index (χ3v) is 3.26. The average Bonchev–Trinajstić information content (AvgIpc) is 2.87. The van der Waals surface area contributed by atoms with E-state index in [4.69, 9.17) is 0 Å². The maximum absolute atomic E-state index is 12.6. The predicted octanol–water partition coefficient (Wildman–Crippen LogP) is 2.43. The van der Waals surface area contributed by atoms with Crippen LogP contribution in [0.1, 0.15) is 6.42 Å². The maximum Gasteiger partial charge on any atom is 0.147 e. The molecule has 3 rings (SSSR count). The number of aromatic nitrogens is 2. The van der Waals surface area contributed by atoms with Gasteiger partial charge in [-0.1, -0.05) is 12.1 Å². The molecule has 0 amide bonds. The molecule has 1 aliphatic rings. The Balaban J connectivity index is 1.91. The highest BCUT2D eigenvalue weighted by atomic mass is 19.1. The average molecular weight is 231 g/mol. The molecule has 0 unspecified atom stereocenters. The first-order valence-corrected chi connectivity index (χ1v) is 5.89. The van der Waals surface area contributed by atoms with E-state index in [2.05, 4.69) is 14.9 Å². The molecule has 1 atom stereocenters. The summed E-state index contributed by atoms with van der Waals surface area (Å²) in [5, 5.41) is 0. The molecule has 0 saturated carbocycles. The van der Waals surface area contributed by atoms with Crippen LogP contribution < -0.4 is 4.90 Å². The standard InChI is InChI=1S/C13H14FN3/c14-7-10-5-6-17(9-10)13-8-15-11-3-1-2-4-12(11)16-13/h1-4,8,10H,5-7,9H2/t10-/m1/s1. The number of anilines is 1. The van der Waals surface area contributed by atoms with Crippen molar-refractivity contribution in [3.05, 3.63) is 30.5 Å². The second-order valence-corrected chi connectivity index (χ2v) is 4.47. The minimum absolute atomic E-state index is 0.156. The number of hydrogen-bond acceptors (Lipinski definition) is 3. The van der Waals surface area contributed by atoms with Gasteiger partial charge in [-0.05, 0) is 18.6 Å². The molecule has 2 heterocycles. The van der Waals surface area contributed by atoms with E-state index in [0.29, 0.717) is 0 Å². The van der Waals surface area contributed by atoms with Gasteiger partial charge in [-0.15, -0.1) is 0 Å². The molecule has 1 aromatic heterocycles. The van der Waals surface area contributed by atoms with Crippen molar-refractivity contribution in [1.29, 1.82) is 0 Å². The van der Waals surface area contributed by atoms with Gasteiger partial charge in [0.25, 0.3) is 0 Å². The lowest BCUT2D eigenvalue weighted by Crippen LogP contribution is -2.21. The van der Waals surface area contributed by atoms with Crippen molar-refractivity contribution in [3.8, 4) is 0 Å². The minimum atomic E-state index is -0.239. The van der Waals surface area contributed by atoms with Crippen LogP contribution in [0.4, 0.5) is 10.2 Å². The fraction of sp³-hybridized carbons (Fsp3) is 0.385. The van der Waals surface area contributed by atoms with E-state index in [1.54, 1.807) is 6.20 Å². The first-order valence-electron chi connectivity index (χ1n) is 5.89. The highest BCUT2D eigenvalue weighted by Crippen LogP contribution is 2.23. The van der Waals surface area contributed by atoms with Gasteiger partial charge in [0.15, 0.2) is 0 Å². The Morgan fingerprint density at radius 2 is 2.12 bits per heavy atom. The predicted molar refractivity (Wildman–Crippen MR) is 65.8 cm³/mol. The molecule has 3 nitrogen and oxygen atoms in total. The summed E-state index contributed by atoms with van der Waals surface area (Å²) >= 11 is 0. The zero-order chi connectivity index (χ0) is 11.7. The summed E-state index contributed by atoms with van der Waals surface area (Å²) in [7, 11) is 0. The van der Waals surface area contributed by atoms with E-state index in [1.165, 1.54) is 0 Å². The van der Waals surface area contributed by atoms with Crippen LogP contribution >= 0.6 is 0 Å². The number of rotatable bonds is 2. The summed E-state index contributed by atoms with van der Waals surface area (Å²) < 4.78 is 12.6. The summed E-state index contributed by atoms with van der Waals surface area (Å²) in [6, 6.07) is 7.80. The highest BCUT2D eigenvalue weighted by molar-refractivity contribution is 5.75. The molecule has 88 valence electrons. The Morgan fingerprint density at radius 1 is 1.29 bits per heavy atom. The number of nitrogens with zero attached hydrogens (tertiary/aromatic N) is 3. The topological polar surface area (TPSA) is 29.0 Å². The zero-order valence-corrected chi connectivity index (χ0v) is 9.51. The van der Waals surface area contributed by atoms with Gasteiger partial charge in [-0.3, -0.25) is 9.37 Å². The summed E-state index contributed by atoms with van der Waals surface area (Å²) in [5.74, 6) is 1.02. The van der Waals surface area contributed by atoms with Gasteiger partial charge in [0.2, 0.25) is 0 Å². The van der Waals surface area contributed by atoms with E-state index in [1.807, 2.05) is 24.3 Å². The molecule has 1 saturated heterocycles. The van der Waals surface area contributed by atoms with Crippen LogP contribution in [0.3, 0.4) is 0 Å². The lowest BCUT2D eigenvalue weighted by molar-refractivity contribution is 0.384.